The smallest absolute Gasteiger partial charge is 0.170 e. The lowest BCUT2D eigenvalue weighted by atomic mass is 9.91. The molecule has 120 valence electrons. The molecule has 2 aromatic rings. The fourth-order valence-electron chi connectivity index (χ4n) is 3.17. The van der Waals surface area contributed by atoms with E-state index < -0.39 is 0 Å². The van der Waals surface area contributed by atoms with Gasteiger partial charge in [-0.1, -0.05) is 19.0 Å². The van der Waals surface area contributed by atoms with Gasteiger partial charge >= 0.3 is 0 Å². The van der Waals surface area contributed by atoms with Gasteiger partial charge in [-0.25, -0.2) is 4.39 Å². The van der Waals surface area contributed by atoms with Crippen LogP contribution in [0.1, 0.15) is 38.3 Å². The van der Waals surface area contributed by atoms with E-state index in [1.807, 2.05) is 0 Å². The number of nitrogens with zero attached hydrogens (tertiary/aromatic N) is 2. The zero-order valence-electron chi connectivity index (χ0n) is 13.3. The lowest BCUT2D eigenvalue weighted by molar-refractivity contribution is 0.208. The molecule has 1 aromatic heterocycles. The van der Waals surface area contributed by atoms with Crippen LogP contribution < -0.4 is 5.32 Å². The zero-order chi connectivity index (χ0) is 15.5. The molecular weight excluding hydrogens is 281 g/mol. The van der Waals surface area contributed by atoms with Crippen molar-refractivity contribution in [3.63, 3.8) is 0 Å². The van der Waals surface area contributed by atoms with Crippen molar-refractivity contribution in [3.05, 3.63) is 29.7 Å². The second kappa shape index (κ2) is 6.75. The number of aromatic nitrogens is 1. The van der Waals surface area contributed by atoms with E-state index in [1.54, 1.807) is 6.07 Å². The molecule has 4 nitrogen and oxygen atoms in total. The molecule has 0 amide bonds. The molecule has 1 aromatic carbocycles. The normalized spacial score (nSPS) is 17.6. The van der Waals surface area contributed by atoms with E-state index >= 15 is 0 Å². The highest BCUT2D eigenvalue weighted by Gasteiger charge is 2.24. The predicted molar refractivity (Wildman–Crippen MR) is 85.5 cm³/mol. The quantitative estimate of drug-likeness (QED) is 0.921. The fraction of sp³-hybridized carbons (Fsp3) is 0.588. The predicted octanol–water partition coefficient (Wildman–Crippen LogP) is 3.14. The minimum absolute atomic E-state index is 0.275. The largest absolute Gasteiger partial charge is 0.356 e. The molecule has 1 saturated heterocycles. The summed E-state index contributed by atoms with van der Waals surface area (Å²) in [4.78, 5) is 2.49. The van der Waals surface area contributed by atoms with E-state index in [0.717, 1.165) is 50.1 Å². The van der Waals surface area contributed by atoms with Crippen LogP contribution in [0.5, 0.6) is 0 Å². The summed E-state index contributed by atoms with van der Waals surface area (Å²) in [5.74, 6) is 0.142. The highest BCUT2D eigenvalue weighted by atomic mass is 19.1. The number of likely N-dealkylation sites (tertiary alicyclic amines) is 1. The summed E-state index contributed by atoms with van der Waals surface area (Å²) >= 11 is 0. The first kappa shape index (κ1) is 15.4. The number of nitrogens with one attached hydrogen (secondary N) is 1. The molecule has 0 aliphatic carbocycles. The van der Waals surface area contributed by atoms with Crippen LogP contribution in [-0.2, 0) is 0 Å². The van der Waals surface area contributed by atoms with Crippen molar-refractivity contribution in [3.8, 4) is 0 Å². The number of rotatable bonds is 5. The van der Waals surface area contributed by atoms with Crippen molar-refractivity contribution >= 4 is 11.0 Å². The standard InChI is InChI=1S/C17H24FN3O/c1-12(2)19-7-10-21-8-5-13(6-9-21)17-15-4-3-14(18)11-16(15)22-20-17/h3-4,11-13,19H,5-10H2,1-2H3. The Morgan fingerprint density at radius 1 is 1.36 bits per heavy atom. The van der Waals surface area contributed by atoms with Crippen LogP contribution in [0.25, 0.3) is 11.0 Å². The highest BCUT2D eigenvalue weighted by molar-refractivity contribution is 5.79. The first-order valence-electron chi connectivity index (χ1n) is 8.14. The van der Waals surface area contributed by atoms with Gasteiger partial charge in [-0.05, 0) is 38.1 Å². The number of benzene rings is 1. The first-order valence-corrected chi connectivity index (χ1v) is 8.14. The Hall–Kier alpha value is -1.46. The number of hydrogen-bond donors (Lipinski definition) is 1. The summed E-state index contributed by atoms with van der Waals surface area (Å²) in [6.45, 7) is 8.64. The molecule has 0 atom stereocenters. The van der Waals surface area contributed by atoms with Gasteiger partial charge in [0.1, 0.15) is 5.82 Å². The average molecular weight is 305 g/mol. The third kappa shape index (κ3) is 3.47. The minimum Gasteiger partial charge on any atom is -0.356 e. The van der Waals surface area contributed by atoms with E-state index in [0.29, 0.717) is 17.5 Å². The summed E-state index contributed by atoms with van der Waals surface area (Å²) < 4.78 is 18.5. The van der Waals surface area contributed by atoms with Crippen LogP contribution >= 0.6 is 0 Å². The molecule has 0 unspecified atom stereocenters. The van der Waals surface area contributed by atoms with Crippen LogP contribution in [-0.4, -0.2) is 42.3 Å². The zero-order valence-corrected chi connectivity index (χ0v) is 13.3. The maximum Gasteiger partial charge on any atom is 0.170 e. The number of piperidine rings is 1. The Balaban J connectivity index is 1.58. The van der Waals surface area contributed by atoms with Gasteiger partial charge in [-0.2, -0.15) is 0 Å². The monoisotopic (exact) mass is 305 g/mol. The second-order valence-corrected chi connectivity index (χ2v) is 6.43. The molecule has 2 heterocycles. The topological polar surface area (TPSA) is 41.3 Å². The molecule has 1 fully saturated rings. The molecule has 0 bridgehead atoms. The molecule has 0 radical (unpaired) electrons. The summed E-state index contributed by atoms with van der Waals surface area (Å²) in [7, 11) is 0. The van der Waals surface area contributed by atoms with Gasteiger partial charge in [-0.3, -0.25) is 0 Å². The Bertz CT molecular complexity index is 617. The van der Waals surface area contributed by atoms with Crippen molar-refractivity contribution in [2.45, 2.75) is 38.6 Å². The SMILES string of the molecule is CC(C)NCCN1CCC(c2noc3cc(F)ccc23)CC1. The number of halogens is 1. The van der Waals surface area contributed by atoms with E-state index in [-0.39, 0.29) is 5.82 Å². The molecule has 1 N–H and O–H groups in total. The van der Waals surface area contributed by atoms with Gasteiger partial charge in [0.2, 0.25) is 0 Å². The van der Waals surface area contributed by atoms with E-state index in [4.69, 9.17) is 4.52 Å². The van der Waals surface area contributed by atoms with Gasteiger partial charge in [0.05, 0.1) is 5.69 Å². The van der Waals surface area contributed by atoms with Gasteiger partial charge in [-0.15, -0.1) is 0 Å². The van der Waals surface area contributed by atoms with E-state index in [2.05, 4.69) is 29.2 Å². The van der Waals surface area contributed by atoms with Crippen molar-refractivity contribution in [2.75, 3.05) is 26.2 Å². The lowest BCUT2D eigenvalue weighted by Gasteiger charge is -2.31. The molecular formula is C17H24FN3O. The molecule has 5 heteroatoms. The van der Waals surface area contributed by atoms with E-state index in [1.165, 1.54) is 12.1 Å². The Labute approximate surface area is 130 Å². The van der Waals surface area contributed by atoms with E-state index in [9.17, 15) is 4.39 Å². The molecule has 0 saturated carbocycles. The van der Waals surface area contributed by atoms with Crippen LogP contribution in [0.15, 0.2) is 22.7 Å². The summed E-state index contributed by atoms with van der Waals surface area (Å²) in [6, 6.07) is 5.23. The molecule has 3 rings (SSSR count). The maximum absolute atomic E-state index is 13.2. The van der Waals surface area contributed by atoms with Gasteiger partial charge in [0.15, 0.2) is 5.58 Å². The average Bonchev–Trinajstić information content (AvgIpc) is 2.90. The van der Waals surface area contributed by atoms with Gasteiger partial charge in [0, 0.05) is 36.5 Å². The second-order valence-electron chi connectivity index (χ2n) is 6.43. The van der Waals surface area contributed by atoms with Gasteiger partial charge < -0.3 is 14.7 Å². The fourth-order valence-corrected chi connectivity index (χ4v) is 3.17. The Morgan fingerprint density at radius 3 is 2.86 bits per heavy atom. The van der Waals surface area contributed by atoms with Crippen molar-refractivity contribution in [1.82, 2.24) is 15.4 Å². The van der Waals surface area contributed by atoms with Crippen molar-refractivity contribution < 1.29 is 8.91 Å². The van der Waals surface area contributed by atoms with Crippen LogP contribution in [0.3, 0.4) is 0 Å². The molecule has 1 aliphatic rings. The summed E-state index contributed by atoms with van der Waals surface area (Å²) in [6.07, 6.45) is 2.17. The lowest BCUT2D eigenvalue weighted by Crippen LogP contribution is -2.39. The molecule has 22 heavy (non-hydrogen) atoms. The van der Waals surface area contributed by atoms with Crippen molar-refractivity contribution in [1.29, 1.82) is 0 Å². The highest BCUT2D eigenvalue weighted by Crippen LogP contribution is 2.32. The number of hydrogen-bond acceptors (Lipinski definition) is 4. The summed E-state index contributed by atoms with van der Waals surface area (Å²) in [5.41, 5.74) is 1.55. The summed E-state index contributed by atoms with van der Waals surface area (Å²) in [5, 5.41) is 8.61. The third-order valence-electron chi connectivity index (χ3n) is 4.42. The minimum atomic E-state index is -0.275. The molecule has 0 spiro atoms. The first-order chi connectivity index (χ1) is 10.6. The van der Waals surface area contributed by atoms with Crippen LogP contribution in [0.4, 0.5) is 4.39 Å². The number of fused-ring (bicyclic) bond motifs is 1. The van der Waals surface area contributed by atoms with Crippen molar-refractivity contribution in [2.24, 2.45) is 0 Å². The molecule has 1 aliphatic heterocycles. The third-order valence-corrected chi connectivity index (χ3v) is 4.42. The Morgan fingerprint density at radius 2 is 2.14 bits per heavy atom. The Kier molecular flexibility index (Phi) is 4.74. The van der Waals surface area contributed by atoms with Crippen LogP contribution in [0.2, 0.25) is 0 Å². The van der Waals surface area contributed by atoms with Crippen LogP contribution in [0, 0.1) is 5.82 Å². The maximum atomic E-state index is 13.2. The van der Waals surface area contributed by atoms with Gasteiger partial charge in [0.25, 0.3) is 0 Å².